The monoisotopic (exact) mass is 1180 g/mol. The highest BCUT2D eigenvalue weighted by Crippen LogP contribution is 2.36. The van der Waals surface area contributed by atoms with Gasteiger partial charge in [0, 0.05) is 0 Å². The summed E-state index contributed by atoms with van der Waals surface area (Å²) in [6.07, 6.45) is 6.17. The molecule has 0 aromatic heterocycles. The first-order valence-electron chi connectivity index (χ1n) is 32.3. The normalized spacial score (nSPS) is 29.1. The maximum atomic E-state index is 13.6. The van der Waals surface area contributed by atoms with Gasteiger partial charge >= 0.3 is 0 Å². The van der Waals surface area contributed by atoms with Crippen LogP contribution in [0.4, 0.5) is 0 Å². The lowest BCUT2D eigenvalue weighted by molar-refractivity contribution is -0.338. The Balaban J connectivity index is 1.56. The second-order valence-corrected chi connectivity index (χ2v) is 24.4. The summed E-state index contributed by atoms with van der Waals surface area (Å²) in [7, 11) is 0. The zero-order valence-electron chi connectivity index (χ0n) is 50.4. The molecule has 3 rings (SSSR count). The molecule has 3 heterocycles. The Hall–Kier alpha value is -1.29. The predicted molar refractivity (Wildman–Crippen MR) is 308 cm³/mol. The van der Waals surface area contributed by atoms with E-state index in [9.17, 15) is 71.2 Å². The summed E-state index contributed by atoms with van der Waals surface area (Å²) >= 11 is 0. The highest BCUT2D eigenvalue weighted by molar-refractivity contribution is 5.80. The van der Waals surface area contributed by atoms with E-state index in [0.29, 0.717) is 18.8 Å². The number of aliphatic hydroxyl groups excluding tert-OH is 13. The molecule has 82 heavy (non-hydrogen) atoms. The molecule has 3 aliphatic rings. The van der Waals surface area contributed by atoms with Gasteiger partial charge in [-0.1, -0.05) is 220 Å². The third kappa shape index (κ3) is 27.8. The van der Waals surface area contributed by atoms with Crippen LogP contribution in [0.3, 0.4) is 0 Å². The van der Waals surface area contributed by atoms with Crippen molar-refractivity contribution in [3.8, 4) is 0 Å². The first kappa shape index (κ1) is 75.0. The molecule has 0 aliphatic carbocycles. The number of hydrogen-bond acceptors (Lipinski definition) is 20. The van der Waals surface area contributed by atoms with Gasteiger partial charge in [-0.25, -0.2) is 0 Å². The fraction of sp³-hybridized carbons (Fsp3) is 0.984. The third-order valence-corrected chi connectivity index (χ3v) is 16.8. The van der Waals surface area contributed by atoms with E-state index in [-0.39, 0.29) is 12.8 Å². The molecule has 0 aromatic carbocycles. The van der Waals surface area contributed by atoms with Crippen molar-refractivity contribution in [3.05, 3.63) is 0 Å². The molecular formula is C61H117NO20. The van der Waals surface area contributed by atoms with E-state index >= 15 is 0 Å². The number of carbonyl (C=O) groups excluding carboxylic acids is 1. The van der Waals surface area contributed by atoms with Crippen molar-refractivity contribution < 1.29 is 99.6 Å². The number of carbonyl (C=O) groups is 1. The minimum Gasteiger partial charge on any atom is -0.394 e. The summed E-state index contributed by atoms with van der Waals surface area (Å²) in [6.45, 7) is 3.50. The number of nitrogens with one attached hydrogen (secondary N) is 1. The zero-order valence-corrected chi connectivity index (χ0v) is 50.4. The van der Waals surface area contributed by atoms with E-state index in [0.717, 1.165) is 51.4 Å². The first-order valence-corrected chi connectivity index (χ1v) is 32.3. The van der Waals surface area contributed by atoms with Crippen molar-refractivity contribution in [1.82, 2.24) is 5.32 Å². The molecule has 19 atom stereocenters. The molecule has 21 nitrogen and oxygen atoms in total. The average molecular weight is 1180 g/mol. The summed E-state index contributed by atoms with van der Waals surface area (Å²) in [6, 6.07) is -1.37. The standard InChI is InChI=1S/C61H117NO20/c1-4-5-6-7-8-9-10-11-12-13-14-15-16-17-18-19-20-23-27-30-33-36-44(67)58(76)62-42(48(70)43(66)35-32-29-26-24-21-22-25-28-31-34-41(2)3)40-77-59-53(75)56(49(71)47(39-65)78-59)81-61-57(52(74)55(80-61)46(69)38-64)82-60-51(73)50(72)54(79-60)45(68)37-63/h41-57,59-61,63-75H,4-40H2,1-3H3,(H,62,76). The molecule has 3 saturated heterocycles. The topological polar surface area (TPSA) is 347 Å². The van der Waals surface area contributed by atoms with Crippen molar-refractivity contribution in [1.29, 1.82) is 0 Å². The minimum atomic E-state index is -1.96. The molecule has 1 amide bonds. The molecule has 486 valence electrons. The molecule has 3 fully saturated rings. The molecule has 0 bridgehead atoms. The summed E-state index contributed by atoms with van der Waals surface area (Å²) in [5.41, 5.74) is 0. The maximum Gasteiger partial charge on any atom is 0.249 e. The van der Waals surface area contributed by atoms with Gasteiger partial charge in [0.25, 0.3) is 0 Å². The van der Waals surface area contributed by atoms with Crippen LogP contribution in [-0.4, -0.2) is 215 Å². The Morgan fingerprint density at radius 2 is 0.878 bits per heavy atom. The Labute approximate surface area is 490 Å². The number of unbranched alkanes of at least 4 members (excludes halogenated alkanes) is 28. The fourth-order valence-corrected chi connectivity index (χ4v) is 11.4. The average Bonchev–Trinajstić information content (AvgIpc) is 3.75. The van der Waals surface area contributed by atoms with Crippen LogP contribution in [0.15, 0.2) is 0 Å². The van der Waals surface area contributed by atoms with Gasteiger partial charge < -0.3 is 100 Å². The van der Waals surface area contributed by atoms with Crippen molar-refractivity contribution >= 4 is 5.91 Å². The number of ether oxygens (including phenoxy) is 6. The van der Waals surface area contributed by atoms with Gasteiger partial charge in [-0.3, -0.25) is 4.79 Å². The third-order valence-electron chi connectivity index (χ3n) is 16.8. The second kappa shape index (κ2) is 44.2. The van der Waals surface area contributed by atoms with Gasteiger partial charge in [-0.15, -0.1) is 0 Å². The van der Waals surface area contributed by atoms with Gasteiger partial charge in [0.2, 0.25) is 5.91 Å². The van der Waals surface area contributed by atoms with Gasteiger partial charge in [0.15, 0.2) is 18.9 Å². The van der Waals surface area contributed by atoms with Crippen molar-refractivity contribution in [3.63, 3.8) is 0 Å². The van der Waals surface area contributed by atoms with Crippen molar-refractivity contribution in [2.75, 3.05) is 26.4 Å². The molecule has 0 radical (unpaired) electrons. The summed E-state index contributed by atoms with van der Waals surface area (Å²) < 4.78 is 34.6. The molecule has 14 N–H and O–H groups in total. The Bertz CT molecular complexity index is 1560. The first-order chi connectivity index (χ1) is 39.5. The van der Waals surface area contributed by atoms with Crippen LogP contribution in [0.5, 0.6) is 0 Å². The van der Waals surface area contributed by atoms with Crippen LogP contribution in [-0.2, 0) is 33.2 Å². The summed E-state index contributed by atoms with van der Waals surface area (Å²) in [4.78, 5) is 13.6. The molecule has 0 spiro atoms. The number of aliphatic hydroxyl groups is 13. The summed E-state index contributed by atoms with van der Waals surface area (Å²) in [5, 5.41) is 142. The van der Waals surface area contributed by atoms with Crippen LogP contribution in [0, 0.1) is 5.92 Å². The van der Waals surface area contributed by atoms with Gasteiger partial charge in [-0.2, -0.15) is 0 Å². The molecule has 0 aromatic rings. The van der Waals surface area contributed by atoms with Crippen LogP contribution < -0.4 is 5.32 Å². The van der Waals surface area contributed by atoms with Crippen LogP contribution >= 0.6 is 0 Å². The van der Waals surface area contributed by atoms with E-state index < -0.39 is 149 Å². The lowest BCUT2D eigenvalue weighted by Gasteiger charge is -2.43. The Kier molecular flexibility index (Phi) is 40.4. The van der Waals surface area contributed by atoms with E-state index in [1.54, 1.807) is 0 Å². The number of hydrogen-bond donors (Lipinski definition) is 14. The Morgan fingerprint density at radius 3 is 1.33 bits per heavy atom. The zero-order chi connectivity index (χ0) is 60.2. The summed E-state index contributed by atoms with van der Waals surface area (Å²) in [5.74, 6) is -0.0953. The van der Waals surface area contributed by atoms with E-state index in [2.05, 4.69) is 26.1 Å². The molecule has 21 heteroatoms. The van der Waals surface area contributed by atoms with E-state index in [1.807, 2.05) is 0 Å². The number of amides is 1. The van der Waals surface area contributed by atoms with Crippen molar-refractivity contribution in [2.24, 2.45) is 5.92 Å². The highest BCUT2D eigenvalue weighted by atomic mass is 16.8. The fourth-order valence-electron chi connectivity index (χ4n) is 11.4. The quantitative estimate of drug-likeness (QED) is 0.0371. The smallest absolute Gasteiger partial charge is 0.249 e. The number of rotatable bonds is 50. The second-order valence-electron chi connectivity index (χ2n) is 24.4. The lowest BCUT2D eigenvalue weighted by Crippen LogP contribution is -2.62. The van der Waals surface area contributed by atoms with E-state index in [1.165, 1.54) is 135 Å². The van der Waals surface area contributed by atoms with Gasteiger partial charge in [0.1, 0.15) is 85.5 Å². The highest BCUT2D eigenvalue weighted by Gasteiger charge is 2.56. The van der Waals surface area contributed by atoms with Crippen LogP contribution in [0.1, 0.15) is 233 Å². The molecule has 0 saturated carbocycles. The van der Waals surface area contributed by atoms with Crippen LogP contribution in [0.25, 0.3) is 0 Å². The van der Waals surface area contributed by atoms with Crippen LogP contribution in [0.2, 0.25) is 0 Å². The molecule has 19 unspecified atom stereocenters. The lowest BCUT2D eigenvalue weighted by atomic mass is 9.98. The Morgan fingerprint density at radius 1 is 0.463 bits per heavy atom. The maximum absolute atomic E-state index is 13.6. The van der Waals surface area contributed by atoms with Gasteiger partial charge in [0.05, 0.1) is 38.6 Å². The van der Waals surface area contributed by atoms with E-state index in [4.69, 9.17) is 28.4 Å². The molecular weight excluding hydrogens is 1070 g/mol. The minimum absolute atomic E-state index is 0.158. The van der Waals surface area contributed by atoms with Gasteiger partial charge in [-0.05, 0) is 18.8 Å². The molecule has 3 aliphatic heterocycles. The predicted octanol–water partition coefficient (Wildman–Crippen LogP) is 4.57. The SMILES string of the molecule is CCCCCCCCCCCCCCCCCCCCCCCC(O)C(=O)NC(COC1OC(CO)C(O)C(OC2OC(C(O)CO)C(O)C2OC2OC(C(O)CO)C(O)C2O)C1O)C(O)C(O)CCCCCCCCCCCC(C)C. The largest absolute Gasteiger partial charge is 0.394 e. The van der Waals surface area contributed by atoms with Crippen molar-refractivity contribution in [2.45, 2.75) is 349 Å².